The first-order valence-electron chi connectivity index (χ1n) is 6.67. The fraction of sp³-hybridized carbons (Fsp3) is 0.333. The molecule has 0 bridgehead atoms. The Bertz CT molecular complexity index is 595. The number of furan rings is 1. The molecule has 0 unspecified atom stereocenters. The molecule has 20 heavy (non-hydrogen) atoms. The van der Waals surface area contributed by atoms with Gasteiger partial charge in [0, 0.05) is 29.1 Å². The van der Waals surface area contributed by atoms with Crippen molar-refractivity contribution in [2.75, 3.05) is 11.4 Å². The standard InChI is InChI=1S/C15H15BrN2O2/c1-2-18(14-6-5-10(16)9-17-14)15(19)12-8-11(12)13-4-3-7-20-13/h3-7,9,11-12H,2,8H2,1H3/t11-,12+/m1/s1. The fourth-order valence-corrected chi connectivity index (χ4v) is 2.68. The molecular formula is C15H15BrN2O2. The van der Waals surface area contributed by atoms with E-state index >= 15 is 0 Å². The van der Waals surface area contributed by atoms with E-state index < -0.39 is 0 Å². The molecule has 0 radical (unpaired) electrons. The minimum Gasteiger partial charge on any atom is -0.469 e. The summed E-state index contributed by atoms with van der Waals surface area (Å²) in [5, 5.41) is 0. The van der Waals surface area contributed by atoms with E-state index in [0.29, 0.717) is 12.4 Å². The second-order valence-electron chi connectivity index (χ2n) is 4.88. The van der Waals surface area contributed by atoms with E-state index in [-0.39, 0.29) is 17.7 Å². The quantitative estimate of drug-likeness (QED) is 0.858. The second kappa shape index (κ2) is 5.40. The van der Waals surface area contributed by atoms with Crippen molar-refractivity contribution in [3.05, 3.63) is 47.0 Å². The maximum Gasteiger partial charge on any atom is 0.232 e. The van der Waals surface area contributed by atoms with Crippen molar-refractivity contribution in [1.82, 2.24) is 4.98 Å². The topological polar surface area (TPSA) is 46.3 Å². The van der Waals surface area contributed by atoms with Gasteiger partial charge in [0.15, 0.2) is 0 Å². The first-order chi connectivity index (χ1) is 9.70. The molecule has 2 heterocycles. The summed E-state index contributed by atoms with van der Waals surface area (Å²) >= 11 is 3.35. The molecule has 4 nitrogen and oxygen atoms in total. The number of nitrogens with zero attached hydrogens (tertiary/aromatic N) is 2. The molecular weight excluding hydrogens is 320 g/mol. The molecule has 2 aromatic heterocycles. The van der Waals surface area contributed by atoms with Crippen LogP contribution >= 0.6 is 15.9 Å². The van der Waals surface area contributed by atoms with Crippen LogP contribution in [0.2, 0.25) is 0 Å². The molecule has 1 aliphatic rings. The summed E-state index contributed by atoms with van der Waals surface area (Å²) in [6.45, 7) is 2.58. The zero-order chi connectivity index (χ0) is 14.1. The van der Waals surface area contributed by atoms with Gasteiger partial charge in [-0.05, 0) is 53.5 Å². The van der Waals surface area contributed by atoms with Crippen molar-refractivity contribution < 1.29 is 9.21 Å². The number of carbonyl (C=O) groups excluding carboxylic acids is 1. The van der Waals surface area contributed by atoms with Crippen LogP contribution in [0.25, 0.3) is 0 Å². The number of amides is 1. The number of carbonyl (C=O) groups is 1. The van der Waals surface area contributed by atoms with Crippen molar-refractivity contribution in [3.63, 3.8) is 0 Å². The van der Waals surface area contributed by atoms with E-state index in [0.717, 1.165) is 16.7 Å². The number of pyridine rings is 1. The number of hydrogen-bond acceptors (Lipinski definition) is 3. The summed E-state index contributed by atoms with van der Waals surface area (Å²) in [5.74, 6) is 1.98. The molecule has 0 aromatic carbocycles. The van der Waals surface area contributed by atoms with Gasteiger partial charge in [0.1, 0.15) is 11.6 Å². The van der Waals surface area contributed by atoms with Gasteiger partial charge in [-0.1, -0.05) is 0 Å². The van der Waals surface area contributed by atoms with Crippen molar-refractivity contribution in [2.45, 2.75) is 19.3 Å². The van der Waals surface area contributed by atoms with Gasteiger partial charge in [0.25, 0.3) is 0 Å². The maximum absolute atomic E-state index is 12.6. The molecule has 1 saturated carbocycles. The van der Waals surface area contributed by atoms with Crippen LogP contribution in [0, 0.1) is 5.92 Å². The second-order valence-corrected chi connectivity index (χ2v) is 5.80. The number of aromatic nitrogens is 1. The smallest absolute Gasteiger partial charge is 0.232 e. The third-order valence-corrected chi connectivity index (χ3v) is 4.06. The van der Waals surface area contributed by atoms with Crippen LogP contribution in [-0.4, -0.2) is 17.4 Å². The van der Waals surface area contributed by atoms with Crippen molar-refractivity contribution in [1.29, 1.82) is 0 Å². The van der Waals surface area contributed by atoms with Crippen LogP contribution in [-0.2, 0) is 4.79 Å². The van der Waals surface area contributed by atoms with Crippen molar-refractivity contribution in [2.24, 2.45) is 5.92 Å². The molecule has 3 rings (SSSR count). The Morgan fingerprint density at radius 3 is 2.95 bits per heavy atom. The van der Waals surface area contributed by atoms with Crippen LogP contribution in [0.15, 0.2) is 45.6 Å². The average molecular weight is 335 g/mol. The number of rotatable bonds is 4. The van der Waals surface area contributed by atoms with Gasteiger partial charge < -0.3 is 4.42 Å². The van der Waals surface area contributed by atoms with Crippen LogP contribution < -0.4 is 4.90 Å². The predicted octanol–water partition coefficient (Wildman–Crippen LogP) is 3.59. The Morgan fingerprint density at radius 1 is 1.50 bits per heavy atom. The molecule has 0 saturated heterocycles. The lowest BCUT2D eigenvalue weighted by Crippen LogP contribution is -2.33. The van der Waals surface area contributed by atoms with E-state index in [1.807, 2.05) is 31.2 Å². The zero-order valence-electron chi connectivity index (χ0n) is 11.1. The molecule has 104 valence electrons. The van der Waals surface area contributed by atoms with E-state index in [4.69, 9.17) is 4.42 Å². The van der Waals surface area contributed by atoms with Crippen molar-refractivity contribution in [3.8, 4) is 0 Å². The van der Waals surface area contributed by atoms with Crippen LogP contribution in [0.3, 0.4) is 0 Å². The summed E-state index contributed by atoms with van der Waals surface area (Å²) < 4.78 is 6.29. The Hall–Kier alpha value is -1.62. The molecule has 0 aliphatic heterocycles. The Kier molecular flexibility index (Phi) is 3.61. The van der Waals surface area contributed by atoms with Gasteiger partial charge in [-0.25, -0.2) is 4.98 Å². The van der Waals surface area contributed by atoms with Gasteiger partial charge >= 0.3 is 0 Å². The molecule has 0 N–H and O–H groups in total. The number of hydrogen-bond donors (Lipinski definition) is 0. The van der Waals surface area contributed by atoms with Gasteiger partial charge in [0.2, 0.25) is 5.91 Å². The largest absolute Gasteiger partial charge is 0.469 e. The molecule has 1 aliphatic carbocycles. The maximum atomic E-state index is 12.6. The van der Waals surface area contributed by atoms with Gasteiger partial charge in [-0.3, -0.25) is 9.69 Å². The van der Waals surface area contributed by atoms with Crippen LogP contribution in [0.1, 0.15) is 25.0 Å². The number of anilines is 1. The molecule has 1 amide bonds. The van der Waals surface area contributed by atoms with Gasteiger partial charge in [-0.2, -0.15) is 0 Å². The highest BCUT2D eigenvalue weighted by atomic mass is 79.9. The Labute approximate surface area is 125 Å². The minimum atomic E-state index is 0.0200. The highest BCUT2D eigenvalue weighted by molar-refractivity contribution is 9.10. The van der Waals surface area contributed by atoms with E-state index in [2.05, 4.69) is 20.9 Å². The summed E-state index contributed by atoms with van der Waals surface area (Å²) in [4.78, 5) is 18.6. The zero-order valence-corrected chi connectivity index (χ0v) is 12.7. The lowest BCUT2D eigenvalue weighted by Gasteiger charge is -2.20. The van der Waals surface area contributed by atoms with Crippen LogP contribution in [0.5, 0.6) is 0 Å². The van der Waals surface area contributed by atoms with Crippen molar-refractivity contribution >= 4 is 27.7 Å². The summed E-state index contributed by atoms with van der Waals surface area (Å²) in [7, 11) is 0. The molecule has 5 heteroatoms. The third-order valence-electron chi connectivity index (χ3n) is 3.59. The third kappa shape index (κ3) is 2.50. The lowest BCUT2D eigenvalue weighted by molar-refractivity contribution is -0.119. The molecule has 2 aromatic rings. The van der Waals surface area contributed by atoms with Gasteiger partial charge in [-0.15, -0.1) is 0 Å². The van der Waals surface area contributed by atoms with E-state index in [9.17, 15) is 4.79 Å². The highest BCUT2D eigenvalue weighted by Crippen LogP contribution is 2.48. The van der Waals surface area contributed by atoms with Gasteiger partial charge in [0.05, 0.1) is 6.26 Å². The molecule has 0 spiro atoms. The molecule has 1 fully saturated rings. The first kappa shape index (κ1) is 13.4. The minimum absolute atomic E-state index is 0.0200. The average Bonchev–Trinajstić information content (AvgIpc) is 3.07. The van der Waals surface area contributed by atoms with E-state index in [1.54, 1.807) is 17.4 Å². The summed E-state index contributed by atoms with van der Waals surface area (Å²) in [5.41, 5.74) is 0. The summed E-state index contributed by atoms with van der Waals surface area (Å²) in [6.07, 6.45) is 4.23. The molecule has 2 atom stereocenters. The first-order valence-corrected chi connectivity index (χ1v) is 7.46. The highest BCUT2D eigenvalue weighted by Gasteiger charge is 2.47. The predicted molar refractivity (Wildman–Crippen MR) is 79.5 cm³/mol. The SMILES string of the molecule is CCN(C(=O)[C@H]1C[C@H]1c1ccco1)c1ccc(Br)cn1. The normalized spacial score (nSPS) is 20.7. The lowest BCUT2D eigenvalue weighted by atomic mass is 10.2. The Balaban J connectivity index is 1.74. The monoisotopic (exact) mass is 334 g/mol. The fourth-order valence-electron chi connectivity index (χ4n) is 2.44. The van der Waals surface area contributed by atoms with Crippen LogP contribution in [0.4, 0.5) is 5.82 Å². The van der Waals surface area contributed by atoms with E-state index in [1.165, 1.54) is 0 Å². The number of halogens is 1. The Morgan fingerprint density at radius 2 is 2.35 bits per heavy atom. The summed E-state index contributed by atoms with van der Waals surface area (Å²) in [6, 6.07) is 7.56.